The van der Waals surface area contributed by atoms with E-state index in [1.807, 2.05) is 0 Å². The van der Waals surface area contributed by atoms with Crippen LogP contribution in [0.25, 0.3) is 0 Å². The maximum Gasteiger partial charge on any atom is 0.416 e. The summed E-state index contributed by atoms with van der Waals surface area (Å²) in [6.07, 6.45) is -9.49. The SMILES string of the molecule is COC(=O)C1CCCN1C(=O)c1cc(C(F)(F)F)cc(C(F)(F)F)c1. The highest BCUT2D eigenvalue weighted by atomic mass is 19.4. The number of hydrogen-bond donors (Lipinski definition) is 0. The van der Waals surface area contributed by atoms with Crippen LogP contribution < -0.4 is 0 Å². The maximum absolute atomic E-state index is 12.9. The summed E-state index contributed by atoms with van der Waals surface area (Å²) in [7, 11) is 1.08. The van der Waals surface area contributed by atoms with Gasteiger partial charge in [0.05, 0.1) is 18.2 Å². The van der Waals surface area contributed by atoms with Crippen molar-refractivity contribution in [1.82, 2.24) is 4.90 Å². The average Bonchev–Trinajstić information content (AvgIpc) is 3.00. The van der Waals surface area contributed by atoms with Gasteiger partial charge in [-0.1, -0.05) is 0 Å². The molecule has 1 aromatic carbocycles. The first-order valence-electron chi connectivity index (χ1n) is 7.13. The molecule has 10 heteroatoms. The summed E-state index contributed by atoms with van der Waals surface area (Å²) in [6, 6.07) is -0.381. The van der Waals surface area contributed by atoms with Crippen molar-refractivity contribution in [2.45, 2.75) is 31.2 Å². The summed E-state index contributed by atoms with van der Waals surface area (Å²) >= 11 is 0. The number of carbonyl (C=O) groups excluding carboxylic acids is 2. The van der Waals surface area contributed by atoms with Crippen LogP contribution in [-0.2, 0) is 21.9 Å². The van der Waals surface area contributed by atoms with Gasteiger partial charge in [-0.2, -0.15) is 26.3 Å². The minimum absolute atomic E-state index is 0.0379. The van der Waals surface area contributed by atoms with E-state index in [1.165, 1.54) is 0 Å². The summed E-state index contributed by atoms with van der Waals surface area (Å²) in [6.45, 7) is 0.0379. The number of nitrogens with zero attached hydrogens (tertiary/aromatic N) is 1. The van der Waals surface area contributed by atoms with Crippen molar-refractivity contribution in [3.05, 3.63) is 34.9 Å². The zero-order valence-corrected chi connectivity index (χ0v) is 12.9. The molecule has 1 aliphatic heterocycles. The Balaban J connectivity index is 2.47. The third-order valence-corrected chi connectivity index (χ3v) is 3.82. The van der Waals surface area contributed by atoms with E-state index >= 15 is 0 Å². The Kier molecular flexibility index (Phi) is 5.01. The van der Waals surface area contributed by atoms with Crippen molar-refractivity contribution < 1.29 is 40.7 Å². The molecule has 2 rings (SSSR count). The topological polar surface area (TPSA) is 46.6 Å². The minimum atomic E-state index is -5.05. The number of halogens is 6. The summed E-state index contributed by atoms with van der Waals surface area (Å²) in [5.41, 5.74) is -3.95. The molecule has 25 heavy (non-hydrogen) atoms. The Bertz CT molecular complexity index is 651. The monoisotopic (exact) mass is 369 g/mol. The van der Waals surface area contributed by atoms with Crippen molar-refractivity contribution in [3.8, 4) is 0 Å². The molecular weight excluding hydrogens is 356 g/mol. The predicted molar refractivity (Wildman–Crippen MR) is 72.5 cm³/mol. The van der Waals surface area contributed by atoms with Gasteiger partial charge in [-0.15, -0.1) is 0 Å². The first kappa shape index (κ1) is 19.1. The third kappa shape index (κ3) is 4.05. The predicted octanol–water partition coefficient (Wildman–Crippen LogP) is 3.50. The molecule has 1 atom stereocenters. The fourth-order valence-electron chi connectivity index (χ4n) is 2.64. The zero-order valence-electron chi connectivity index (χ0n) is 12.9. The molecule has 0 bridgehead atoms. The fourth-order valence-corrected chi connectivity index (χ4v) is 2.64. The smallest absolute Gasteiger partial charge is 0.416 e. The summed E-state index contributed by atoms with van der Waals surface area (Å²) in [4.78, 5) is 25.0. The number of amides is 1. The minimum Gasteiger partial charge on any atom is -0.467 e. The van der Waals surface area contributed by atoms with Gasteiger partial charge in [0.2, 0.25) is 0 Å². The van der Waals surface area contributed by atoms with Crippen molar-refractivity contribution in [1.29, 1.82) is 0 Å². The molecule has 1 saturated heterocycles. The van der Waals surface area contributed by atoms with Crippen LogP contribution in [0.5, 0.6) is 0 Å². The van der Waals surface area contributed by atoms with Crippen LogP contribution in [0.2, 0.25) is 0 Å². The van der Waals surface area contributed by atoms with Gasteiger partial charge in [0.25, 0.3) is 5.91 Å². The molecule has 1 aromatic rings. The summed E-state index contributed by atoms with van der Waals surface area (Å²) < 4.78 is 81.7. The lowest BCUT2D eigenvalue weighted by atomic mass is 10.0. The van der Waals surface area contributed by atoms with Crippen molar-refractivity contribution in [2.24, 2.45) is 0 Å². The number of carbonyl (C=O) groups is 2. The average molecular weight is 369 g/mol. The van der Waals surface area contributed by atoms with E-state index in [2.05, 4.69) is 4.74 Å². The maximum atomic E-state index is 12.9. The Hall–Kier alpha value is -2.26. The summed E-state index contributed by atoms with van der Waals surface area (Å²) in [5, 5.41) is 0. The van der Waals surface area contributed by atoms with E-state index in [1.54, 1.807) is 0 Å². The molecule has 0 saturated carbocycles. The highest BCUT2D eigenvalue weighted by molar-refractivity contribution is 5.97. The van der Waals surface area contributed by atoms with Gasteiger partial charge in [0, 0.05) is 12.1 Å². The molecule has 138 valence electrons. The van der Waals surface area contributed by atoms with Crippen LogP contribution in [0.1, 0.15) is 34.3 Å². The molecule has 0 N–H and O–H groups in total. The van der Waals surface area contributed by atoms with Gasteiger partial charge >= 0.3 is 18.3 Å². The first-order chi connectivity index (χ1) is 11.4. The molecule has 1 heterocycles. The van der Waals surface area contributed by atoms with Gasteiger partial charge in [-0.05, 0) is 31.0 Å². The quantitative estimate of drug-likeness (QED) is 0.592. The Morgan fingerprint density at radius 3 is 2.00 bits per heavy atom. The molecule has 1 unspecified atom stereocenters. The number of esters is 1. The van der Waals surface area contributed by atoms with Gasteiger partial charge in [0.1, 0.15) is 6.04 Å². The number of ether oxygens (including phenoxy) is 1. The van der Waals surface area contributed by atoms with Crippen LogP contribution in [-0.4, -0.2) is 36.5 Å². The first-order valence-corrected chi connectivity index (χ1v) is 7.13. The number of hydrogen-bond acceptors (Lipinski definition) is 3. The Morgan fingerprint density at radius 1 is 1.04 bits per heavy atom. The van der Waals surface area contributed by atoms with Gasteiger partial charge in [-0.3, -0.25) is 4.79 Å². The van der Waals surface area contributed by atoms with E-state index in [0.717, 1.165) is 12.0 Å². The number of methoxy groups -OCH3 is 1. The standard InChI is InChI=1S/C15H13F6NO3/c1-25-13(24)11-3-2-4-22(11)12(23)8-5-9(14(16,17)18)7-10(6-8)15(19,20)21/h5-7,11H,2-4H2,1H3. The lowest BCUT2D eigenvalue weighted by molar-refractivity contribution is -0.145. The lowest BCUT2D eigenvalue weighted by Crippen LogP contribution is -2.41. The van der Waals surface area contributed by atoms with Crippen LogP contribution >= 0.6 is 0 Å². The second kappa shape index (κ2) is 6.57. The molecule has 0 radical (unpaired) electrons. The lowest BCUT2D eigenvalue weighted by Gasteiger charge is -2.23. The Labute approximate surface area is 138 Å². The molecule has 1 amide bonds. The van der Waals surface area contributed by atoms with Crippen LogP contribution in [0.15, 0.2) is 18.2 Å². The second-order valence-electron chi connectivity index (χ2n) is 5.47. The number of benzene rings is 1. The highest BCUT2D eigenvalue weighted by Gasteiger charge is 2.40. The highest BCUT2D eigenvalue weighted by Crippen LogP contribution is 2.37. The third-order valence-electron chi connectivity index (χ3n) is 3.82. The van der Waals surface area contributed by atoms with Gasteiger partial charge < -0.3 is 9.64 Å². The van der Waals surface area contributed by atoms with Gasteiger partial charge in [0.15, 0.2) is 0 Å². The number of alkyl halides is 6. The van der Waals surface area contributed by atoms with E-state index in [-0.39, 0.29) is 19.0 Å². The normalized spacial score (nSPS) is 18.4. The van der Waals surface area contributed by atoms with Gasteiger partial charge in [-0.25, -0.2) is 4.79 Å². The zero-order chi connectivity index (χ0) is 19.0. The number of rotatable bonds is 2. The largest absolute Gasteiger partial charge is 0.467 e. The molecule has 4 nitrogen and oxygen atoms in total. The number of likely N-dealkylation sites (tertiary alicyclic amines) is 1. The van der Waals surface area contributed by atoms with Crippen molar-refractivity contribution in [3.63, 3.8) is 0 Å². The van der Waals surface area contributed by atoms with E-state index in [0.29, 0.717) is 18.6 Å². The van der Waals surface area contributed by atoms with Crippen molar-refractivity contribution >= 4 is 11.9 Å². The van der Waals surface area contributed by atoms with E-state index in [9.17, 15) is 35.9 Å². The molecule has 0 aromatic heterocycles. The van der Waals surface area contributed by atoms with Crippen LogP contribution in [0.3, 0.4) is 0 Å². The van der Waals surface area contributed by atoms with E-state index < -0.39 is 47.0 Å². The molecule has 1 aliphatic rings. The molecule has 0 aliphatic carbocycles. The van der Waals surface area contributed by atoms with Crippen LogP contribution in [0, 0.1) is 0 Å². The molecular formula is C15H13F6NO3. The summed E-state index contributed by atoms with van der Waals surface area (Å²) in [5.74, 6) is -1.85. The van der Waals surface area contributed by atoms with E-state index in [4.69, 9.17) is 0 Å². The molecule has 0 spiro atoms. The van der Waals surface area contributed by atoms with Crippen molar-refractivity contribution in [2.75, 3.05) is 13.7 Å². The van der Waals surface area contributed by atoms with Crippen LogP contribution in [0.4, 0.5) is 26.3 Å². The fraction of sp³-hybridized carbons (Fsp3) is 0.467. The molecule has 1 fully saturated rings. The second-order valence-corrected chi connectivity index (χ2v) is 5.47. The Morgan fingerprint density at radius 2 is 1.56 bits per heavy atom.